The van der Waals surface area contributed by atoms with E-state index >= 15 is 0 Å². The van der Waals surface area contributed by atoms with Gasteiger partial charge >= 0.3 is 17.1 Å². The van der Waals surface area contributed by atoms with Crippen molar-refractivity contribution in [2.45, 2.75) is 27.0 Å². The van der Waals surface area contributed by atoms with Gasteiger partial charge in [-0.1, -0.05) is 19.7 Å². The van der Waals surface area contributed by atoms with Crippen molar-refractivity contribution < 1.29 is 14.7 Å². The van der Waals surface area contributed by atoms with E-state index in [9.17, 15) is 29.1 Å². The summed E-state index contributed by atoms with van der Waals surface area (Å²) >= 11 is 0. The lowest BCUT2D eigenvalue weighted by Crippen LogP contribution is -2.59. The molecule has 0 amide bonds. The average molecular weight is 335 g/mol. The molecule has 1 unspecified atom stereocenters. The van der Waals surface area contributed by atoms with Crippen LogP contribution in [0.15, 0.2) is 50.8 Å². The third-order valence-electron chi connectivity index (χ3n) is 3.00. The fraction of sp³-hybridized carbons (Fsp3) is 0.267. The van der Waals surface area contributed by atoms with Gasteiger partial charge in [-0.15, -0.1) is 0 Å². The molecule has 9 nitrogen and oxygen atoms in total. The molecule has 9 heteroatoms. The van der Waals surface area contributed by atoms with Gasteiger partial charge in [0.2, 0.25) is 0 Å². The van der Waals surface area contributed by atoms with E-state index < -0.39 is 35.1 Å². The number of aliphatic hydroxyl groups excluding tert-OH is 1. The molecule has 1 atom stereocenters. The van der Waals surface area contributed by atoms with Gasteiger partial charge in [0.25, 0.3) is 11.8 Å². The minimum atomic E-state index is -1.83. The van der Waals surface area contributed by atoms with E-state index in [1.807, 2.05) is 0 Å². The van der Waals surface area contributed by atoms with E-state index in [1.54, 1.807) is 0 Å². The highest BCUT2D eigenvalue weighted by Gasteiger charge is 2.27. The molecule has 1 aromatic rings. The highest BCUT2D eigenvalue weighted by molar-refractivity contribution is 5.96. The molecule has 0 fully saturated rings. The summed E-state index contributed by atoms with van der Waals surface area (Å²) in [6.45, 7) is 13.9. The number of rotatable bonds is 4. The van der Waals surface area contributed by atoms with Crippen LogP contribution in [0.4, 0.5) is 0 Å². The first-order valence-corrected chi connectivity index (χ1v) is 6.68. The van der Waals surface area contributed by atoms with Crippen LogP contribution >= 0.6 is 0 Å². The Kier molecular flexibility index (Phi) is 5.21. The molecule has 0 radical (unpaired) electrons. The lowest BCUT2D eigenvalue weighted by Gasteiger charge is -2.16. The summed E-state index contributed by atoms with van der Waals surface area (Å²) in [4.78, 5) is 61.2. The number of hydrogen-bond donors (Lipinski definition) is 1. The van der Waals surface area contributed by atoms with Gasteiger partial charge in [0.05, 0.1) is 0 Å². The molecule has 24 heavy (non-hydrogen) atoms. The van der Waals surface area contributed by atoms with Crippen molar-refractivity contribution in [3.8, 4) is 0 Å². The van der Waals surface area contributed by atoms with Gasteiger partial charge in [-0.05, 0) is 26.3 Å². The fourth-order valence-corrected chi connectivity index (χ4v) is 1.72. The lowest BCUT2D eigenvalue weighted by molar-refractivity contribution is 0.0878. The number of aromatic nitrogens is 3. The fourth-order valence-electron chi connectivity index (χ4n) is 1.72. The standard InChI is InChI=1S/C15H17N3O6/c1-7(2)10(19)16-13(22)17(11(20)8(3)4)15(24)18(14(16)23)12(21)9(5)6/h10,19H,1,3,5H2,2,4,6H3. The van der Waals surface area contributed by atoms with Gasteiger partial charge < -0.3 is 5.11 Å². The second kappa shape index (κ2) is 6.59. The molecule has 128 valence electrons. The van der Waals surface area contributed by atoms with Crippen molar-refractivity contribution in [1.82, 2.24) is 13.7 Å². The first kappa shape index (κ1) is 19.0. The molecule has 0 aliphatic rings. The zero-order valence-corrected chi connectivity index (χ0v) is 13.5. The maximum Gasteiger partial charge on any atom is 0.350 e. The van der Waals surface area contributed by atoms with Crippen LogP contribution in [0.5, 0.6) is 0 Å². The molecular formula is C15H17N3O6. The van der Waals surface area contributed by atoms with Gasteiger partial charge in [-0.2, -0.15) is 9.13 Å². The summed E-state index contributed by atoms with van der Waals surface area (Å²) in [7, 11) is 0. The SMILES string of the molecule is C=C(C)C(=O)n1c(=O)n(C(=O)C(=C)C)c(=O)n(C(O)C(=C)C)c1=O. The van der Waals surface area contributed by atoms with Gasteiger partial charge in [0, 0.05) is 11.1 Å². The van der Waals surface area contributed by atoms with Crippen molar-refractivity contribution in [1.29, 1.82) is 0 Å². The van der Waals surface area contributed by atoms with Crippen LogP contribution in [0.1, 0.15) is 36.6 Å². The summed E-state index contributed by atoms with van der Waals surface area (Å²) in [5.74, 6) is -2.23. The molecule has 1 heterocycles. The zero-order valence-electron chi connectivity index (χ0n) is 13.5. The number of nitrogens with zero attached hydrogens (tertiary/aromatic N) is 3. The smallest absolute Gasteiger partial charge is 0.350 e. The summed E-state index contributed by atoms with van der Waals surface area (Å²) in [5, 5.41) is 10.0. The van der Waals surface area contributed by atoms with E-state index in [4.69, 9.17) is 0 Å². The highest BCUT2D eigenvalue weighted by Crippen LogP contribution is 2.06. The largest absolute Gasteiger partial charge is 0.369 e. The third kappa shape index (κ3) is 3.01. The molecule has 1 N–H and O–H groups in total. The van der Waals surface area contributed by atoms with Crippen LogP contribution < -0.4 is 17.1 Å². The Labute approximate surface area is 136 Å². The molecular weight excluding hydrogens is 318 g/mol. The zero-order chi connectivity index (χ0) is 18.9. The average Bonchev–Trinajstić information content (AvgIpc) is 2.46. The third-order valence-corrected chi connectivity index (χ3v) is 3.00. The van der Waals surface area contributed by atoms with Crippen LogP contribution in [-0.4, -0.2) is 30.6 Å². The van der Waals surface area contributed by atoms with Crippen LogP contribution in [0.3, 0.4) is 0 Å². The predicted octanol–water partition coefficient (Wildman–Crippen LogP) is -0.329. The molecule has 0 aliphatic carbocycles. The summed E-state index contributed by atoms with van der Waals surface area (Å²) in [6.07, 6.45) is -1.83. The van der Waals surface area contributed by atoms with Crippen LogP contribution in [0.25, 0.3) is 0 Å². The maximum atomic E-state index is 12.4. The van der Waals surface area contributed by atoms with Crippen molar-refractivity contribution in [2.24, 2.45) is 0 Å². The molecule has 0 bridgehead atoms. The maximum absolute atomic E-state index is 12.4. The summed E-state index contributed by atoms with van der Waals surface area (Å²) in [5.41, 5.74) is -4.65. The normalized spacial score (nSPS) is 11.7. The Morgan fingerprint density at radius 3 is 1.42 bits per heavy atom. The summed E-state index contributed by atoms with van der Waals surface area (Å²) < 4.78 is 0.291. The molecule has 0 saturated carbocycles. The van der Waals surface area contributed by atoms with Gasteiger partial charge in [0.15, 0.2) is 6.23 Å². The number of allylic oxidation sites excluding steroid dienone is 2. The number of carbonyl (C=O) groups is 2. The van der Waals surface area contributed by atoms with E-state index in [-0.39, 0.29) is 30.4 Å². The Bertz CT molecular complexity index is 893. The molecule has 1 rings (SSSR count). The number of aliphatic hydroxyl groups is 1. The quantitative estimate of drug-likeness (QED) is 0.594. The number of hydrogen-bond acceptors (Lipinski definition) is 6. The molecule has 0 saturated heterocycles. The molecule has 0 aromatic carbocycles. The van der Waals surface area contributed by atoms with E-state index in [0.717, 1.165) is 0 Å². The van der Waals surface area contributed by atoms with Crippen molar-refractivity contribution >= 4 is 11.8 Å². The minimum Gasteiger partial charge on any atom is -0.369 e. The van der Waals surface area contributed by atoms with Gasteiger partial charge in [0.1, 0.15) is 0 Å². The van der Waals surface area contributed by atoms with Crippen LogP contribution in [0.2, 0.25) is 0 Å². The van der Waals surface area contributed by atoms with E-state index in [1.165, 1.54) is 20.8 Å². The Hall–Kier alpha value is -3.07. The Balaban J connectivity index is 4.15. The molecule has 0 aliphatic heterocycles. The van der Waals surface area contributed by atoms with Crippen molar-refractivity contribution in [3.05, 3.63) is 67.9 Å². The first-order chi connectivity index (χ1) is 10.9. The van der Waals surface area contributed by atoms with E-state index in [0.29, 0.717) is 0 Å². The van der Waals surface area contributed by atoms with E-state index in [2.05, 4.69) is 19.7 Å². The lowest BCUT2D eigenvalue weighted by atomic mass is 10.3. The van der Waals surface area contributed by atoms with Crippen molar-refractivity contribution in [3.63, 3.8) is 0 Å². The Morgan fingerprint density at radius 2 is 1.17 bits per heavy atom. The Morgan fingerprint density at radius 1 is 0.833 bits per heavy atom. The summed E-state index contributed by atoms with van der Waals surface area (Å²) in [6, 6.07) is 0. The van der Waals surface area contributed by atoms with Crippen molar-refractivity contribution in [2.75, 3.05) is 0 Å². The first-order valence-electron chi connectivity index (χ1n) is 6.68. The molecule has 0 spiro atoms. The minimum absolute atomic E-state index is 0.0171. The van der Waals surface area contributed by atoms with Crippen LogP contribution in [0, 0.1) is 0 Å². The predicted molar refractivity (Wildman–Crippen MR) is 86.2 cm³/mol. The highest BCUT2D eigenvalue weighted by atomic mass is 16.3. The van der Waals surface area contributed by atoms with Gasteiger partial charge in [-0.25, -0.2) is 19.0 Å². The topological polar surface area (TPSA) is 120 Å². The monoisotopic (exact) mass is 335 g/mol. The molecule has 1 aromatic heterocycles. The second-order valence-corrected chi connectivity index (χ2v) is 5.28. The van der Waals surface area contributed by atoms with Gasteiger partial charge in [-0.3, -0.25) is 9.59 Å². The second-order valence-electron chi connectivity index (χ2n) is 5.28. The van der Waals surface area contributed by atoms with Crippen LogP contribution in [-0.2, 0) is 0 Å². The number of carbonyl (C=O) groups excluding carboxylic acids is 2.